The lowest BCUT2D eigenvalue weighted by Gasteiger charge is -2.29. The third kappa shape index (κ3) is 4.19. The van der Waals surface area contributed by atoms with E-state index in [1.165, 1.54) is 0 Å². The standard InChI is InChI=1S/C18H26N6O2/c1-14-15(11-23(3)21-14)5-6-16(25)22(2)12-18(26)7-10-24(13-18)17-19-8-4-9-20-17/h4,8-9,11,26H,5-7,10,12-13H2,1-3H3. The van der Waals surface area contributed by atoms with Gasteiger partial charge in [0.2, 0.25) is 11.9 Å². The molecule has 0 aromatic carbocycles. The van der Waals surface area contributed by atoms with Crippen LogP contribution < -0.4 is 4.90 Å². The lowest BCUT2D eigenvalue weighted by molar-refractivity contribution is -0.132. The Balaban J connectivity index is 1.53. The SMILES string of the molecule is Cc1nn(C)cc1CCC(=O)N(C)CC1(O)CCN(c2ncccn2)C1. The van der Waals surface area contributed by atoms with Crippen LogP contribution in [0.1, 0.15) is 24.1 Å². The Morgan fingerprint density at radius 3 is 2.77 bits per heavy atom. The van der Waals surface area contributed by atoms with Crippen molar-refractivity contribution in [2.45, 2.75) is 31.8 Å². The predicted octanol–water partition coefficient (Wildman–Crippen LogP) is 0.551. The van der Waals surface area contributed by atoms with E-state index in [4.69, 9.17) is 0 Å². The highest BCUT2D eigenvalue weighted by Gasteiger charge is 2.38. The molecule has 1 N–H and O–H groups in total. The Morgan fingerprint density at radius 2 is 2.12 bits per heavy atom. The van der Waals surface area contributed by atoms with Crippen LogP contribution in [0.4, 0.5) is 5.95 Å². The van der Waals surface area contributed by atoms with Crippen molar-refractivity contribution in [2.24, 2.45) is 7.05 Å². The van der Waals surface area contributed by atoms with E-state index < -0.39 is 5.60 Å². The van der Waals surface area contributed by atoms with Crippen LogP contribution in [0.2, 0.25) is 0 Å². The number of rotatable bonds is 6. The Hall–Kier alpha value is -2.48. The number of aromatic nitrogens is 4. The molecule has 1 saturated heterocycles. The zero-order valence-electron chi connectivity index (χ0n) is 15.6. The first kappa shape index (κ1) is 18.3. The maximum Gasteiger partial charge on any atom is 0.225 e. The fourth-order valence-corrected chi connectivity index (χ4v) is 3.47. The van der Waals surface area contributed by atoms with Crippen molar-refractivity contribution in [2.75, 3.05) is 31.6 Å². The van der Waals surface area contributed by atoms with E-state index in [1.807, 2.05) is 25.1 Å². The predicted molar refractivity (Wildman–Crippen MR) is 97.7 cm³/mol. The van der Waals surface area contributed by atoms with Crippen molar-refractivity contribution in [3.05, 3.63) is 35.9 Å². The molecule has 1 aliphatic heterocycles. The number of anilines is 1. The van der Waals surface area contributed by atoms with Crippen molar-refractivity contribution >= 4 is 11.9 Å². The summed E-state index contributed by atoms with van der Waals surface area (Å²) in [5, 5.41) is 15.2. The van der Waals surface area contributed by atoms with Gasteiger partial charge in [0.25, 0.3) is 0 Å². The minimum absolute atomic E-state index is 0.0242. The van der Waals surface area contributed by atoms with Crippen LogP contribution in [0.5, 0.6) is 0 Å². The molecule has 1 fully saturated rings. The number of carbonyl (C=O) groups is 1. The van der Waals surface area contributed by atoms with E-state index in [1.54, 1.807) is 35.1 Å². The molecular formula is C18H26N6O2. The van der Waals surface area contributed by atoms with Crippen molar-refractivity contribution in [3.63, 3.8) is 0 Å². The molecule has 0 bridgehead atoms. The van der Waals surface area contributed by atoms with Gasteiger partial charge in [0, 0.05) is 45.7 Å². The first-order valence-electron chi connectivity index (χ1n) is 8.84. The largest absolute Gasteiger partial charge is 0.386 e. The summed E-state index contributed by atoms with van der Waals surface area (Å²) < 4.78 is 1.76. The maximum absolute atomic E-state index is 12.5. The number of carbonyl (C=O) groups excluding carboxylic acids is 1. The summed E-state index contributed by atoms with van der Waals surface area (Å²) >= 11 is 0. The summed E-state index contributed by atoms with van der Waals surface area (Å²) in [6.45, 7) is 3.36. The van der Waals surface area contributed by atoms with Crippen LogP contribution in [-0.4, -0.2) is 67.9 Å². The molecule has 2 aromatic rings. The summed E-state index contributed by atoms with van der Waals surface area (Å²) in [5.74, 6) is 0.639. The monoisotopic (exact) mass is 358 g/mol. The molecule has 3 heterocycles. The topological polar surface area (TPSA) is 87.4 Å². The third-order valence-corrected chi connectivity index (χ3v) is 4.85. The second-order valence-electron chi connectivity index (χ2n) is 7.11. The van der Waals surface area contributed by atoms with Gasteiger partial charge < -0.3 is 14.9 Å². The van der Waals surface area contributed by atoms with E-state index in [0.717, 1.165) is 11.3 Å². The van der Waals surface area contributed by atoms with Gasteiger partial charge in [0.05, 0.1) is 18.8 Å². The highest BCUT2D eigenvalue weighted by molar-refractivity contribution is 5.76. The molecular weight excluding hydrogens is 332 g/mol. The molecule has 0 aliphatic carbocycles. The number of β-amino-alcohol motifs (C(OH)–C–C–N with tert-alkyl or cyclic N) is 1. The summed E-state index contributed by atoms with van der Waals surface area (Å²) in [6.07, 6.45) is 6.98. The number of nitrogens with zero attached hydrogens (tertiary/aromatic N) is 6. The first-order valence-corrected chi connectivity index (χ1v) is 8.84. The fraction of sp³-hybridized carbons (Fsp3) is 0.556. The van der Waals surface area contributed by atoms with Gasteiger partial charge in [-0.3, -0.25) is 9.48 Å². The van der Waals surface area contributed by atoms with Gasteiger partial charge in [0.15, 0.2) is 0 Å². The highest BCUT2D eigenvalue weighted by Crippen LogP contribution is 2.25. The van der Waals surface area contributed by atoms with Gasteiger partial charge in [-0.05, 0) is 31.4 Å². The molecule has 0 saturated carbocycles. The van der Waals surface area contributed by atoms with Gasteiger partial charge in [-0.2, -0.15) is 5.10 Å². The van der Waals surface area contributed by atoms with Gasteiger partial charge >= 0.3 is 0 Å². The molecule has 0 radical (unpaired) electrons. The van der Waals surface area contributed by atoms with E-state index >= 15 is 0 Å². The molecule has 26 heavy (non-hydrogen) atoms. The summed E-state index contributed by atoms with van der Waals surface area (Å²) in [7, 11) is 3.63. The molecule has 2 aromatic heterocycles. The molecule has 0 spiro atoms. The van der Waals surface area contributed by atoms with Crippen LogP contribution in [0.15, 0.2) is 24.7 Å². The zero-order chi connectivity index (χ0) is 18.7. The van der Waals surface area contributed by atoms with Crippen LogP contribution >= 0.6 is 0 Å². The number of hydrogen-bond donors (Lipinski definition) is 1. The normalized spacial score (nSPS) is 19.8. The number of aliphatic hydroxyl groups is 1. The average Bonchev–Trinajstić information content (AvgIpc) is 3.15. The lowest BCUT2D eigenvalue weighted by Crippen LogP contribution is -2.46. The maximum atomic E-state index is 12.5. The van der Waals surface area contributed by atoms with Gasteiger partial charge in [0.1, 0.15) is 5.60 Å². The third-order valence-electron chi connectivity index (χ3n) is 4.85. The summed E-state index contributed by atoms with van der Waals surface area (Å²) in [6, 6.07) is 1.77. The van der Waals surface area contributed by atoms with Gasteiger partial charge in [-0.25, -0.2) is 9.97 Å². The average molecular weight is 358 g/mol. The van der Waals surface area contributed by atoms with Crippen molar-refractivity contribution in [3.8, 4) is 0 Å². The minimum Gasteiger partial charge on any atom is -0.386 e. The smallest absolute Gasteiger partial charge is 0.225 e. The summed E-state index contributed by atoms with van der Waals surface area (Å²) in [4.78, 5) is 24.5. The van der Waals surface area contributed by atoms with Crippen LogP contribution in [0.3, 0.4) is 0 Å². The molecule has 8 nitrogen and oxygen atoms in total. The number of aryl methyl sites for hydroxylation is 3. The number of amides is 1. The molecule has 1 aliphatic rings. The first-order chi connectivity index (χ1) is 12.4. The van der Waals surface area contributed by atoms with E-state index in [9.17, 15) is 9.90 Å². The number of likely N-dealkylation sites (N-methyl/N-ethyl adjacent to an activating group) is 1. The highest BCUT2D eigenvalue weighted by atomic mass is 16.3. The molecule has 3 rings (SSSR count). The minimum atomic E-state index is -0.937. The van der Waals surface area contributed by atoms with Crippen molar-refractivity contribution in [1.29, 1.82) is 0 Å². The Kier molecular flexibility index (Phi) is 5.22. The van der Waals surface area contributed by atoms with Crippen LogP contribution in [-0.2, 0) is 18.3 Å². The molecule has 1 unspecified atom stereocenters. The quantitative estimate of drug-likeness (QED) is 0.811. The Morgan fingerprint density at radius 1 is 1.38 bits per heavy atom. The lowest BCUT2D eigenvalue weighted by atomic mass is 10.0. The molecule has 1 atom stereocenters. The van der Waals surface area contributed by atoms with E-state index in [-0.39, 0.29) is 5.91 Å². The molecule has 140 valence electrons. The molecule has 8 heteroatoms. The van der Waals surface area contributed by atoms with E-state index in [0.29, 0.717) is 44.8 Å². The zero-order valence-corrected chi connectivity index (χ0v) is 15.6. The molecule has 1 amide bonds. The van der Waals surface area contributed by atoms with Crippen molar-refractivity contribution < 1.29 is 9.90 Å². The second-order valence-corrected chi connectivity index (χ2v) is 7.11. The summed E-state index contributed by atoms with van der Waals surface area (Å²) in [5.41, 5.74) is 1.10. The Labute approximate surface area is 153 Å². The van der Waals surface area contributed by atoms with Crippen LogP contribution in [0.25, 0.3) is 0 Å². The van der Waals surface area contributed by atoms with Crippen LogP contribution in [0, 0.1) is 6.92 Å². The Bertz CT molecular complexity index is 762. The van der Waals surface area contributed by atoms with E-state index in [2.05, 4.69) is 15.1 Å². The fourth-order valence-electron chi connectivity index (χ4n) is 3.47. The van der Waals surface area contributed by atoms with Crippen molar-refractivity contribution in [1.82, 2.24) is 24.6 Å². The van der Waals surface area contributed by atoms with Gasteiger partial charge in [-0.15, -0.1) is 0 Å². The van der Waals surface area contributed by atoms with Gasteiger partial charge in [-0.1, -0.05) is 0 Å². The number of hydrogen-bond acceptors (Lipinski definition) is 6. The second kappa shape index (κ2) is 7.41.